The summed E-state index contributed by atoms with van der Waals surface area (Å²) in [5, 5.41) is 2.87. The van der Waals surface area contributed by atoms with E-state index in [1.165, 1.54) is 0 Å². The van der Waals surface area contributed by atoms with Crippen LogP contribution in [0.2, 0.25) is 0 Å². The molecule has 1 aromatic rings. The molecule has 0 aromatic heterocycles. The Hall–Kier alpha value is -1.81. The predicted molar refractivity (Wildman–Crippen MR) is 72.3 cm³/mol. The SMILES string of the molecule is C=CCC(N)C(=O)NC(C)c1ccc(OC)cc1. The van der Waals surface area contributed by atoms with Crippen LogP contribution in [-0.4, -0.2) is 19.1 Å². The first-order valence-corrected chi connectivity index (χ1v) is 5.89. The van der Waals surface area contributed by atoms with Crippen molar-refractivity contribution in [1.82, 2.24) is 5.32 Å². The topological polar surface area (TPSA) is 64.4 Å². The quantitative estimate of drug-likeness (QED) is 0.754. The highest BCUT2D eigenvalue weighted by molar-refractivity contribution is 5.82. The maximum absolute atomic E-state index is 11.7. The number of benzene rings is 1. The summed E-state index contributed by atoms with van der Waals surface area (Å²) in [5.41, 5.74) is 6.71. The molecule has 0 heterocycles. The van der Waals surface area contributed by atoms with Crippen molar-refractivity contribution in [2.75, 3.05) is 7.11 Å². The summed E-state index contributed by atoms with van der Waals surface area (Å²) < 4.78 is 5.08. The van der Waals surface area contributed by atoms with E-state index < -0.39 is 6.04 Å². The average Bonchev–Trinajstić information content (AvgIpc) is 2.39. The molecule has 4 nitrogen and oxygen atoms in total. The van der Waals surface area contributed by atoms with Crippen molar-refractivity contribution >= 4 is 5.91 Å². The number of hydrogen-bond acceptors (Lipinski definition) is 3. The Morgan fingerprint density at radius 2 is 2.11 bits per heavy atom. The van der Waals surface area contributed by atoms with Gasteiger partial charge in [-0.2, -0.15) is 0 Å². The molecule has 2 unspecified atom stereocenters. The first-order valence-electron chi connectivity index (χ1n) is 5.89. The summed E-state index contributed by atoms with van der Waals surface area (Å²) in [5.74, 6) is 0.624. The summed E-state index contributed by atoms with van der Waals surface area (Å²) in [7, 11) is 1.62. The third-order valence-electron chi connectivity index (χ3n) is 2.73. The van der Waals surface area contributed by atoms with Crippen LogP contribution in [-0.2, 0) is 4.79 Å². The van der Waals surface area contributed by atoms with Gasteiger partial charge in [0.1, 0.15) is 5.75 Å². The largest absolute Gasteiger partial charge is 0.497 e. The molecule has 0 saturated heterocycles. The maximum atomic E-state index is 11.7. The first-order chi connectivity index (χ1) is 8.58. The molecule has 18 heavy (non-hydrogen) atoms. The van der Waals surface area contributed by atoms with Crippen LogP contribution < -0.4 is 15.8 Å². The minimum atomic E-state index is -0.539. The Labute approximate surface area is 108 Å². The smallest absolute Gasteiger partial charge is 0.237 e. The molecule has 0 fully saturated rings. The van der Waals surface area contributed by atoms with E-state index in [0.29, 0.717) is 6.42 Å². The van der Waals surface area contributed by atoms with Gasteiger partial charge in [0.05, 0.1) is 19.2 Å². The van der Waals surface area contributed by atoms with Gasteiger partial charge in [-0.1, -0.05) is 18.2 Å². The van der Waals surface area contributed by atoms with Crippen molar-refractivity contribution in [3.8, 4) is 5.75 Å². The standard InChI is InChI=1S/C14H20N2O2/c1-4-5-13(15)14(17)16-10(2)11-6-8-12(18-3)9-7-11/h4,6-10,13H,1,5,15H2,2-3H3,(H,16,17). The molecule has 98 valence electrons. The molecular weight excluding hydrogens is 228 g/mol. The highest BCUT2D eigenvalue weighted by atomic mass is 16.5. The Bertz CT molecular complexity index is 401. The fraction of sp³-hybridized carbons (Fsp3) is 0.357. The molecule has 0 saturated carbocycles. The van der Waals surface area contributed by atoms with Crippen LogP contribution >= 0.6 is 0 Å². The summed E-state index contributed by atoms with van der Waals surface area (Å²) in [6.07, 6.45) is 2.11. The molecule has 1 rings (SSSR count). The lowest BCUT2D eigenvalue weighted by Crippen LogP contribution is -2.41. The lowest BCUT2D eigenvalue weighted by atomic mass is 10.1. The van der Waals surface area contributed by atoms with Gasteiger partial charge in [0, 0.05) is 0 Å². The molecule has 0 radical (unpaired) electrons. The van der Waals surface area contributed by atoms with Gasteiger partial charge in [0.2, 0.25) is 5.91 Å². The molecule has 1 aromatic carbocycles. The fourth-order valence-electron chi connectivity index (χ4n) is 1.58. The van der Waals surface area contributed by atoms with Crippen LogP contribution in [0, 0.1) is 0 Å². The number of carbonyl (C=O) groups is 1. The molecule has 2 atom stereocenters. The number of carbonyl (C=O) groups excluding carboxylic acids is 1. The van der Waals surface area contributed by atoms with E-state index >= 15 is 0 Å². The zero-order valence-corrected chi connectivity index (χ0v) is 10.8. The highest BCUT2D eigenvalue weighted by Gasteiger charge is 2.15. The average molecular weight is 248 g/mol. The van der Waals surface area contributed by atoms with Crippen molar-refractivity contribution in [1.29, 1.82) is 0 Å². The number of nitrogens with one attached hydrogen (secondary N) is 1. The molecule has 1 amide bonds. The number of methoxy groups -OCH3 is 1. The molecule has 0 aliphatic rings. The van der Waals surface area contributed by atoms with Gasteiger partial charge in [-0.05, 0) is 31.0 Å². The van der Waals surface area contributed by atoms with Gasteiger partial charge >= 0.3 is 0 Å². The van der Waals surface area contributed by atoms with E-state index in [9.17, 15) is 4.79 Å². The fourth-order valence-corrected chi connectivity index (χ4v) is 1.58. The van der Waals surface area contributed by atoms with Gasteiger partial charge in [-0.15, -0.1) is 6.58 Å². The van der Waals surface area contributed by atoms with Gasteiger partial charge in [-0.3, -0.25) is 4.79 Å². The summed E-state index contributed by atoms with van der Waals surface area (Å²) >= 11 is 0. The van der Waals surface area contributed by atoms with E-state index in [-0.39, 0.29) is 11.9 Å². The van der Waals surface area contributed by atoms with Crippen molar-refractivity contribution in [2.24, 2.45) is 5.73 Å². The van der Waals surface area contributed by atoms with Crippen molar-refractivity contribution in [3.63, 3.8) is 0 Å². The monoisotopic (exact) mass is 248 g/mol. The third kappa shape index (κ3) is 3.89. The van der Waals surface area contributed by atoms with Crippen LogP contribution in [0.25, 0.3) is 0 Å². The van der Waals surface area contributed by atoms with E-state index in [1.54, 1.807) is 13.2 Å². The van der Waals surface area contributed by atoms with Crippen molar-refractivity contribution in [3.05, 3.63) is 42.5 Å². The number of nitrogens with two attached hydrogens (primary N) is 1. The maximum Gasteiger partial charge on any atom is 0.237 e. The lowest BCUT2D eigenvalue weighted by molar-refractivity contribution is -0.122. The van der Waals surface area contributed by atoms with E-state index in [1.807, 2.05) is 31.2 Å². The third-order valence-corrected chi connectivity index (χ3v) is 2.73. The molecule has 4 heteroatoms. The second-order valence-electron chi connectivity index (χ2n) is 4.13. The Kier molecular flexibility index (Phi) is 5.39. The number of rotatable bonds is 6. The van der Waals surface area contributed by atoms with Gasteiger partial charge in [0.25, 0.3) is 0 Å². The van der Waals surface area contributed by atoms with Crippen molar-refractivity contribution in [2.45, 2.75) is 25.4 Å². The predicted octanol–water partition coefficient (Wildman–Crippen LogP) is 1.78. The summed E-state index contributed by atoms with van der Waals surface area (Å²) in [6.45, 7) is 5.48. The highest BCUT2D eigenvalue weighted by Crippen LogP contribution is 2.17. The van der Waals surface area contributed by atoms with Crippen LogP contribution in [0.15, 0.2) is 36.9 Å². The molecule has 0 aliphatic heterocycles. The van der Waals surface area contributed by atoms with Gasteiger partial charge in [-0.25, -0.2) is 0 Å². The Morgan fingerprint density at radius 3 is 2.61 bits per heavy atom. The first kappa shape index (κ1) is 14.3. The molecule has 3 N–H and O–H groups in total. The van der Waals surface area contributed by atoms with Crippen LogP contribution in [0.3, 0.4) is 0 Å². The zero-order chi connectivity index (χ0) is 13.5. The second-order valence-corrected chi connectivity index (χ2v) is 4.13. The zero-order valence-electron chi connectivity index (χ0n) is 10.8. The van der Waals surface area contributed by atoms with Gasteiger partial charge < -0.3 is 15.8 Å². The number of amides is 1. The lowest BCUT2D eigenvalue weighted by Gasteiger charge is -2.17. The Balaban J connectivity index is 2.61. The minimum absolute atomic E-state index is 0.0840. The van der Waals surface area contributed by atoms with Crippen LogP contribution in [0.4, 0.5) is 0 Å². The number of ether oxygens (including phenoxy) is 1. The van der Waals surface area contributed by atoms with E-state index in [4.69, 9.17) is 10.5 Å². The van der Waals surface area contributed by atoms with Crippen LogP contribution in [0.5, 0.6) is 5.75 Å². The molecular formula is C14H20N2O2. The van der Waals surface area contributed by atoms with E-state index in [0.717, 1.165) is 11.3 Å². The van der Waals surface area contributed by atoms with Crippen LogP contribution in [0.1, 0.15) is 24.9 Å². The second kappa shape index (κ2) is 6.81. The normalized spacial score (nSPS) is 13.5. The molecule has 0 aliphatic carbocycles. The minimum Gasteiger partial charge on any atom is -0.497 e. The Morgan fingerprint density at radius 1 is 1.50 bits per heavy atom. The van der Waals surface area contributed by atoms with Crippen molar-refractivity contribution < 1.29 is 9.53 Å². The summed E-state index contributed by atoms with van der Waals surface area (Å²) in [4.78, 5) is 11.7. The van der Waals surface area contributed by atoms with E-state index in [2.05, 4.69) is 11.9 Å². The summed E-state index contributed by atoms with van der Waals surface area (Å²) in [6, 6.07) is 6.94. The molecule has 0 bridgehead atoms. The van der Waals surface area contributed by atoms with Gasteiger partial charge in [0.15, 0.2) is 0 Å². The molecule has 0 spiro atoms. The number of hydrogen-bond donors (Lipinski definition) is 2.